The van der Waals surface area contributed by atoms with Crippen LogP contribution in [0.4, 0.5) is 0 Å². The van der Waals surface area contributed by atoms with Crippen molar-refractivity contribution in [2.24, 2.45) is 18.4 Å². The Morgan fingerprint density at radius 3 is 3.00 bits per heavy atom. The van der Waals surface area contributed by atoms with Crippen LogP contribution in [0.15, 0.2) is 6.20 Å². The molecule has 0 bridgehead atoms. The molecule has 2 fully saturated rings. The number of hydrogen-bond donors (Lipinski definition) is 1. The van der Waals surface area contributed by atoms with E-state index in [-0.39, 0.29) is 5.41 Å². The Labute approximate surface area is 114 Å². The Morgan fingerprint density at radius 2 is 2.37 bits per heavy atom. The summed E-state index contributed by atoms with van der Waals surface area (Å²) < 4.78 is 7.86. The Kier molecular flexibility index (Phi) is 3.58. The van der Waals surface area contributed by atoms with Crippen molar-refractivity contribution >= 4 is 0 Å². The monoisotopic (exact) mass is 264 g/mol. The van der Waals surface area contributed by atoms with Crippen LogP contribution in [0.1, 0.15) is 31.9 Å². The quantitative estimate of drug-likeness (QED) is 0.837. The third-order valence-corrected chi connectivity index (χ3v) is 4.46. The van der Waals surface area contributed by atoms with Crippen molar-refractivity contribution in [2.75, 3.05) is 19.7 Å². The first-order chi connectivity index (χ1) is 9.23. The molecule has 19 heavy (non-hydrogen) atoms. The van der Waals surface area contributed by atoms with E-state index in [0.29, 0.717) is 6.10 Å². The zero-order valence-corrected chi connectivity index (χ0v) is 11.9. The summed E-state index contributed by atoms with van der Waals surface area (Å²) in [5.41, 5.74) is 1.31. The SMILES string of the molecule is CCNCC1(Cc2cn(C)nn2)CCOC1C1CC1. The van der Waals surface area contributed by atoms with E-state index in [4.69, 9.17) is 4.74 Å². The van der Waals surface area contributed by atoms with Crippen LogP contribution in [0.5, 0.6) is 0 Å². The van der Waals surface area contributed by atoms with Gasteiger partial charge in [-0.3, -0.25) is 4.68 Å². The number of rotatable bonds is 6. The molecule has 106 valence electrons. The van der Waals surface area contributed by atoms with Gasteiger partial charge in [0.2, 0.25) is 0 Å². The van der Waals surface area contributed by atoms with Crippen LogP contribution in [0.25, 0.3) is 0 Å². The summed E-state index contributed by atoms with van der Waals surface area (Å²) in [7, 11) is 1.93. The lowest BCUT2D eigenvalue weighted by atomic mass is 9.75. The van der Waals surface area contributed by atoms with Gasteiger partial charge in [-0.15, -0.1) is 5.10 Å². The van der Waals surface area contributed by atoms with Crippen molar-refractivity contribution in [1.29, 1.82) is 0 Å². The highest BCUT2D eigenvalue weighted by atomic mass is 16.5. The molecule has 2 heterocycles. The molecule has 0 amide bonds. The number of ether oxygens (including phenoxy) is 1. The maximum atomic E-state index is 6.07. The molecule has 1 aliphatic heterocycles. The van der Waals surface area contributed by atoms with E-state index in [1.165, 1.54) is 12.8 Å². The van der Waals surface area contributed by atoms with Crippen LogP contribution in [0.2, 0.25) is 0 Å². The average molecular weight is 264 g/mol. The van der Waals surface area contributed by atoms with E-state index in [1.807, 2.05) is 13.2 Å². The molecule has 5 heteroatoms. The third kappa shape index (κ3) is 2.67. The summed E-state index contributed by atoms with van der Waals surface area (Å²) >= 11 is 0. The van der Waals surface area contributed by atoms with Crippen LogP contribution >= 0.6 is 0 Å². The Balaban J connectivity index is 1.78. The highest BCUT2D eigenvalue weighted by Gasteiger charge is 2.50. The highest BCUT2D eigenvalue weighted by molar-refractivity contribution is 5.07. The topological polar surface area (TPSA) is 52.0 Å². The molecule has 1 saturated heterocycles. The molecular formula is C14H24N4O. The van der Waals surface area contributed by atoms with Crippen molar-refractivity contribution in [3.05, 3.63) is 11.9 Å². The number of aromatic nitrogens is 3. The lowest BCUT2D eigenvalue weighted by Crippen LogP contribution is -2.43. The van der Waals surface area contributed by atoms with Gasteiger partial charge in [0.1, 0.15) is 0 Å². The molecule has 2 unspecified atom stereocenters. The molecule has 1 saturated carbocycles. The summed E-state index contributed by atoms with van der Waals surface area (Å²) in [5.74, 6) is 0.776. The summed E-state index contributed by atoms with van der Waals surface area (Å²) in [4.78, 5) is 0. The minimum Gasteiger partial charge on any atom is -0.377 e. The van der Waals surface area contributed by atoms with Crippen LogP contribution < -0.4 is 5.32 Å². The Morgan fingerprint density at radius 1 is 1.53 bits per heavy atom. The van der Waals surface area contributed by atoms with E-state index < -0.39 is 0 Å². The summed E-state index contributed by atoms with van der Waals surface area (Å²) in [5, 5.41) is 11.9. The lowest BCUT2D eigenvalue weighted by molar-refractivity contribution is 0.0304. The van der Waals surface area contributed by atoms with Crippen molar-refractivity contribution in [2.45, 2.75) is 38.7 Å². The van der Waals surface area contributed by atoms with Gasteiger partial charge in [-0.25, -0.2) is 0 Å². The van der Waals surface area contributed by atoms with E-state index >= 15 is 0 Å². The first-order valence-electron chi connectivity index (χ1n) is 7.41. The van der Waals surface area contributed by atoms with Crippen molar-refractivity contribution in [3.8, 4) is 0 Å². The zero-order valence-electron chi connectivity index (χ0n) is 11.9. The number of aryl methyl sites for hydroxylation is 1. The fourth-order valence-electron chi connectivity index (χ4n) is 3.39. The van der Waals surface area contributed by atoms with Gasteiger partial charge in [-0.05, 0) is 31.7 Å². The summed E-state index contributed by atoms with van der Waals surface area (Å²) in [6.07, 6.45) is 7.23. The molecule has 1 aromatic heterocycles. The van der Waals surface area contributed by atoms with Gasteiger partial charge >= 0.3 is 0 Å². The standard InChI is InChI=1S/C14H24N4O/c1-3-15-10-14(8-12-9-18(2)17-16-12)6-7-19-13(14)11-4-5-11/h9,11,13,15H,3-8,10H2,1-2H3. The van der Waals surface area contributed by atoms with Gasteiger partial charge in [0.15, 0.2) is 0 Å². The largest absolute Gasteiger partial charge is 0.377 e. The van der Waals surface area contributed by atoms with Crippen molar-refractivity contribution in [1.82, 2.24) is 20.3 Å². The van der Waals surface area contributed by atoms with Crippen molar-refractivity contribution < 1.29 is 4.74 Å². The van der Waals surface area contributed by atoms with E-state index in [1.54, 1.807) is 4.68 Å². The predicted molar refractivity (Wildman–Crippen MR) is 72.8 cm³/mol. The van der Waals surface area contributed by atoms with Gasteiger partial charge in [0.25, 0.3) is 0 Å². The average Bonchev–Trinajstić information content (AvgIpc) is 3.04. The smallest absolute Gasteiger partial charge is 0.0834 e. The fraction of sp³-hybridized carbons (Fsp3) is 0.857. The molecule has 1 aliphatic carbocycles. The number of nitrogens with zero attached hydrogens (tertiary/aromatic N) is 3. The number of nitrogens with one attached hydrogen (secondary N) is 1. The van der Waals surface area contributed by atoms with Crippen molar-refractivity contribution in [3.63, 3.8) is 0 Å². The van der Waals surface area contributed by atoms with Crippen LogP contribution in [-0.2, 0) is 18.2 Å². The van der Waals surface area contributed by atoms with E-state index in [9.17, 15) is 0 Å². The highest BCUT2D eigenvalue weighted by Crippen LogP contribution is 2.49. The molecule has 2 aliphatic rings. The summed E-state index contributed by atoms with van der Waals surface area (Å²) in [6.45, 7) is 5.10. The fourth-order valence-corrected chi connectivity index (χ4v) is 3.39. The van der Waals surface area contributed by atoms with Crippen LogP contribution in [-0.4, -0.2) is 40.8 Å². The molecule has 2 atom stereocenters. The zero-order chi connectivity index (χ0) is 13.3. The van der Waals surface area contributed by atoms with Crippen LogP contribution in [0, 0.1) is 11.3 Å². The van der Waals surface area contributed by atoms with E-state index in [0.717, 1.165) is 44.1 Å². The molecule has 5 nitrogen and oxygen atoms in total. The minimum absolute atomic E-state index is 0.215. The molecule has 0 aromatic carbocycles. The van der Waals surface area contributed by atoms with Gasteiger partial charge in [0, 0.05) is 38.2 Å². The van der Waals surface area contributed by atoms with E-state index in [2.05, 4.69) is 22.6 Å². The Hall–Kier alpha value is -0.940. The molecule has 3 rings (SSSR count). The molecular weight excluding hydrogens is 240 g/mol. The van der Waals surface area contributed by atoms with Gasteiger partial charge < -0.3 is 10.1 Å². The minimum atomic E-state index is 0.215. The molecule has 0 radical (unpaired) electrons. The van der Waals surface area contributed by atoms with Crippen LogP contribution in [0.3, 0.4) is 0 Å². The second kappa shape index (κ2) is 5.21. The first kappa shape index (κ1) is 13.1. The maximum absolute atomic E-state index is 6.07. The lowest BCUT2D eigenvalue weighted by Gasteiger charge is -2.34. The third-order valence-electron chi connectivity index (χ3n) is 4.46. The molecule has 1 N–H and O–H groups in total. The second-order valence-corrected chi connectivity index (χ2v) is 6.08. The van der Waals surface area contributed by atoms with Gasteiger partial charge in [-0.2, -0.15) is 0 Å². The van der Waals surface area contributed by atoms with Gasteiger partial charge in [-0.1, -0.05) is 12.1 Å². The Bertz CT molecular complexity index is 429. The summed E-state index contributed by atoms with van der Waals surface area (Å²) in [6, 6.07) is 0. The predicted octanol–water partition coefficient (Wildman–Crippen LogP) is 1.15. The molecule has 1 aromatic rings. The maximum Gasteiger partial charge on any atom is 0.0834 e. The number of hydrogen-bond acceptors (Lipinski definition) is 4. The normalized spacial score (nSPS) is 30.9. The second-order valence-electron chi connectivity index (χ2n) is 6.08. The molecule has 0 spiro atoms. The first-order valence-corrected chi connectivity index (χ1v) is 7.41. The van der Waals surface area contributed by atoms with Gasteiger partial charge in [0.05, 0.1) is 11.8 Å².